The molecule has 7 heteroatoms. The molecule has 2 heterocycles. The first-order valence-electron chi connectivity index (χ1n) is 5.01. The summed E-state index contributed by atoms with van der Waals surface area (Å²) in [5.74, 6) is 0.659. The lowest BCUT2D eigenvalue weighted by Crippen LogP contribution is -1.82. The lowest BCUT2D eigenvalue weighted by molar-refractivity contribution is 1.09. The van der Waals surface area contributed by atoms with Gasteiger partial charge in [-0.3, -0.25) is 5.10 Å². The number of aromatic amines is 1. The van der Waals surface area contributed by atoms with Gasteiger partial charge in [0.1, 0.15) is 6.33 Å². The number of halogens is 2. The normalized spacial score (nSPS) is 10.8. The number of H-pyrrole nitrogens is 1. The quantitative estimate of drug-likeness (QED) is 0.780. The molecule has 1 aromatic carbocycles. The van der Waals surface area contributed by atoms with E-state index in [-0.39, 0.29) is 0 Å². The van der Waals surface area contributed by atoms with Crippen LogP contribution >= 0.6 is 34.5 Å². The Balaban J connectivity index is 2.00. The van der Waals surface area contributed by atoms with Gasteiger partial charge in [-0.05, 0) is 12.1 Å². The van der Waals surface area contributed by atoms with Crippen molar-refractivity contribution in [3.63, 3.8) is 0 Å². The van der Waals surface area contributed by atoms with E-state index in [0.29, 0.717) is 15.9 Å². The summed E-state index contributed by atoms with van der Waals surface area (Å²) in [6, 6.07) is 5.43. The molecule has 0 saturated heterocycles. The Kier molecular flexibility index (Phi) is 3.03. The number of thiazole rings is 1. The standard InChI is InChI=1S/C11H6Cl2N4S/c12-7-2-1-6(3-8(7)13)9-4-18-11(16-9)10-14-5-15-17-10/h1-5H,(H,14,15,17). The summed E-state index contributed by atoms with van der Waals surface area (Å²) >= 11 is 13.4. The minimum absolute atomic E-state index is 0.517. The average molecular weight is 297 g/mol. The number of nitrogens with zero attached hydrogens (tertiary/aromatic N) is 3. The highest BCUT2D eigenvalue weighted by molar-refractivity contribution is 7.13. The van der Waals surface area contributed by atoms with Crippen molar-refractivity contribution in [1.29, 1.82) is 0 Å². The third-order valence-electron chi connectivity index (χ3n) is 2.34. The molecular formula is C11H6Cl2N4S. The van der Waals surface area contributed by atoms with Crippen LogP contribution in [0.15, 0.2) is 29.9 Å². The lowest BCUT2D eigenvalue weighted by atomic mass is 10.2. The zero-order valence-electron chi connectivity index (χ0n) is 8.89. The van der Waals surface area contributed by atoms with Crippen LogP contribution in [0.1, 0.15) is 0 Å². The van der Waals surface area contributed by atoms with Crippen molar-refractivity contribution in [3.05, 3.63) is 40.0 Å². The van der Waals surface area contributed by atoms with Crippen LogP contribution in [-0.4, -0.2) is 20.2 Å². The van der Waals surface area contributed by atoms with Gasteiger partial charge < -0.3 is 0 Å². The van der Waals surface area contributed by atoms with Crippen molar-refractivity contribution in [1.82, 2.24) is 20.2 Å². The molecule has 0 aliphatic heterocycles. The fourth-order valence-electron chi connectivity index (χ4n) is 1.48. The predicted octanol–water partition coefficient (Wildman–Crippen LogP) is 3.90. The lowest BCUT2D eigenvalue weighted by Gasteiger charge is -1.99. The van der Waals surface area contributed by atoms with E-state index in [4.69, 9.17) is 23.2 Å². The summed E-state index contributed by atoms with van der Waals surface area (Å²) in [6.45, 7) is 0. The Bertz CT molecular complexity index is 678. The third kappa shape index (κ3) is 2.12. The Morgan fingerprint density at radius 1 is 1.17 bits per heavy atom. The highest BCUT2D eigenvalue weighted by Gasteiger charge is 2.09. The first-order chi connectivity index (χ1) is 8.74. The summed E-state index contributed by atoms with van der Waals surface area (Å²) in [5.41, 5.74) is 1.76. The van der Waals surface area contributed by atoms with Gasteiger partial charge in [-0.1, -0.05) is 29.3 Å². The van der Waals surface area contributed by atoms with Gasteiger partial charge in [-0.2, -0.15) is 5.10 Å². The maximum Gasteiger partial charge on any atom is 0.184 e. The Morgan fingerprint density at radius 3 is 2.78 bits per heavy atom. The van der Waals surface area contributed by atoms with Crippen molar-refractivity contribution >= 4 is 34.5 Å². The van der Waals surface area contributed by atoms with Crippen LogP contribution in [0.5, 0.6) is 0 Å². The molecule has 1 N–H and O–H groups in total. The van der Waals surface area contributed by atoms with E-state index in [1.165, 1.54) is 17.7 Å². The van der Waals surface area contributed by atoms with E-state index in [0.717, 1.165) is 16.3 Å². The smallest absolute Gasteiger partial charge is 0.184 e. The second kappa shape index (κ2) is 4.68. The molecule has 0 saturated carbocycles. The largest absolute Gasteiger partial charge is 0.257 e. The van der Waals surface area contributed by atoms with Crippen molar-refractivity contribution in [3.8, 4) is 22.1 Å². The van der Waals surface area contributed by atoms with Crippen molar-refractivity contribution in [2.45, 2.75) is 0 Å². The summed E-state index contributed by atoms with van der Waals surface area (Å²) in [5, 5.41) is 10.4. The molecule has 0 spiro atoms. The predicted molar refractivity (Wildman–Crippen MR) is 72.9 cm³/mol. The first kappa shape index (κ1) is 11.6. The fourth-order valence-corrected chi connectivity index (χ4v) is 2.55. The molecule has 0 fully saturated rings. The van der Waals surface area contributed by atoms with Crippen LogP contribution in [0.4, 0.5) is 0 Å². The molecule has 0 aliphatic carbocycles. The zero-order valence-corrected chi connectivity index (χ0v) is 11.2. The first-order valence-corrected chi connectivity index (χ1v) is 6.64. The monoisotopic (exact) mass is 296 g/mol. The molecule has 0 unspecified atom stereocenters. The Labute approximate surface area is 117 Å². The van der Waals surface area contributed by atoms with Crippen LogP contribution < -0.4 is 0 Å². The summed E-state index contributed by atoms with van der Waals surface area (Å²) in [4.78, 5) is 8.54. The van der Waals surface area contributed by atoms with E-state index in [1.807, 2.05) is 11.4 Å². The third-order valence-corrected chi connectivity index (χ3v) is 3.93. The van der Waals surface area contributed by atoms with Crippen LogP contribution in [0, 0.1) is 0 Å². The van der Waals surface area contributed by atoms with Crippen LogP contribution in [0.2, 0.25) is 10.0 Å². The average Bonchev–Trinajstić information content (AvgIpc) is 3.01. The molecule has 3 aromatic rings. The molecule has 0 bridgehead atoms. The van der Waals surface area contributed by atoms with Gasteiger partial charge in [0.25, 0.3) is 0 Å². The van der Waals surface area contributed by atoms with E-state index < -0.39 is 0 Å². The van der Waals surface area contributed by atoms with Gasteiger partial charge in [0.15, 0.2) is 10.8 Å². The number of rotatable bonds is 2. The molecule has 0 amide bonds. The van der Waals surface area contributed by atoms with Gasteiger partial charge in [0, 0.05) is 10.9 Å². The van der Waals surface area contributed by atoms with Crippen molar-refractivity contribution < 1.29 is 0 Å². The van der Waals surface area contributed by atoms with E-state index in [2.05, 4.69) is 20.2 Å². The maximum atomic E-state index is 5.99. The molecule has 0 atom stereocenters. The molecule has 2 aromatic heterocycles. The SMILES string of the molecule is Clc1ccc(-c2csc(-c3ncn[nH]3)n2)cc1Cl. The van der Waals surface area contributed by atoms with E-state index >= 15 is 0 Å². The summed E-state index contributed by atoms with van der Waals surface area (Å²) in [7, 11) is 0. The number of aromatic nitrogens is 4. The minimum atomic E-state index is 0.517. The number of benzene rings is 1. The van der Waals surface area contributed by atoms with E-state index in [1.54, 1.807) is 12.1 Å². The van der Waals surface area contributed by atoms with Crippen LogP contribution in [-0.2, 0) is 0 Å². The van der Waals surface area contributed by atoms with Gasteiger partial charge in [-0.25, -0.2) is 9.97 Å². The molecule has 4 nitrogen and oxygen atoms in total. The molecular weight excluding hydrogens is 291 g/mol. The summed E-state index contributed by atoms with van der Waals surface area (Å²) in [6.07, 6.45) is 1.45. The van der Waals surface area contributed by atoms with Gasteiger partial charge >= 0.3 is 0 Å². The minimum Gasteiger partial charge on any atom is -0.257 e. The molecule has 0 aliphatic rings. The summed E-state index contributed by atoms with van der Waals surface area (Å²) < 4.78 is 0. The fraction of sp³-hybridized carbons (Fsp3) is 0. The second-order valence-electron chi connectivity index (χ2n) is 3.50. The molecule has 18 heavy (non-hydrogen) atoms. The Morgan fingerprint density at radius 2 is 2.06 bits per heavy atom. The molecule has 0 radical (unpaired) electrons. The van der Waals surface area contributed by atoms with Crippen LogP contribution in [0.25, 0.3) is 22.1 Å². The zero-order chi connectivity index (χ0) is 12.5. The molecule has 90 valence electrons. The van der Waals surface area contributed by atoms with Crippen molar-refractivity contribution in [2.75, 3.05) is 0 Å². The highest BCUT2D eigenvalue weighted by Crippen LogP contribution is 2.31. The Hall–Kier alpha value is -1.43. The van der Waals surface area contributed by atoms with Gasteiger partial charge in [0.05, 0.1) is 15.7 Å². The van der Waals surface area contributed by atoms with Gasteiger partial charge in [-0.15, -0.1) is 11.3 Å². The molecule has 3 rings (SSSR count). The van der Waals surface area contributed by atoms with E-state index in [9.17, 15) is 0 Å². The van der Waals surface area contributed by atoms with Gasteiger partial charge in [0.2, 0.25) is 0 Å². The van der Waals surface area contributed by atoms with Crippen molar-refractivity contribution in [2.24, 2.45) is 0 Å². The van der Waals surface area contributed by atoms with Crippen LogP contribution in [0.3, 0.4) is 0 Å². The topological polar surface area (TPSA) is 54.5 Å². The number of nitrogens with one attached hydrogen (secondary N) is 1. The highest BCUT2D eigenvalue weighted by atomic mass is 35.5. The second-order valence-corrected chi connectivity index (χ2v) is 5.17. The number of hydrogen-bond acceptors (Lipinski definition) is 4. The maximum absolute atomic E-state index is 5.99. The number of hydrogen-bond donors (Lipinski definition) is 1.